The van der Waals surface area contributed by atoms with E-state index in [4.69, 9.17) is 0 Å². The van der Waals surface area contributed by atoms with Gasteiger partial charge in [-0.05, 0) is 50.1 Å². The molecule has 3 nitrogen and oxygen atoms in total. The minimum absolute atomic E-state index is 0.0943. The Hall–Kier alpha value is -1.07. The molecule has 0 aliphatic carbocycles. The van der Waals surface area contributed by atoms with E-state index >= 15 is 0 Å². The molecule has 17 heavy (non-hydrogen) atoms. The van der Waals surface area contributed by atoms with Crippen LogP contribution < -0.4 is 5.32 Å². The molecule has 0 aliphatic heterocycles. The lowest BCUT2D eigenvalue weighted by molar-refractivity contribution is 0.0949. The first-order chi connectivity index (χ1) is 8.16. The van der Waals surface area contributed by atoms with Crippen LogP contribution in [-0.4, -0.2) is 10.9 Å². The average molecular weight is 358 g/mol. The summed E-state index contributed by atoms with van der Waals surface area (Å²) in [5.74, 6) is -0.0943. The number of hydrogen-bond acceptors (Lipinski definition) is 1. The second-order valence-electron chi connectivity index (χ2n) is 3.51. The molecule has 5 heteroatoms. The number of H-pyrrole nitrogens is 1. The van der Waals surface area contributed by atoms with Crippen LogP contribution in [0.4, 0.5) is 0 Å². The van der Waals surface area contributed by atoms with Gasteiger partial charge in [0.05, 0.1) is 12.1 Å². The Balaban J connectivity index is 2.01. The quantitative estimate of drug-likeness (QED) is 0.867. The molecule has 1 amide bonds. The molecular formula is C12H10Br2N2O. The fourth-order valence-electron chi connectivity index (χ4n) is 1.43. The Morgan fingerprint density at radius 1 is 1.29 bits per heavy atom. The van der Waals surface area contributed by atoms with E-state index in [1.807, 2.05) is 30.5 Å². The van der Waals surface area contributed by atoms with Crippen LogP contribution in [0.3, 0.4) is 0 Å². The van der Waals surface area contributed by atoms with Gasteiger partial charge in [-0.1, -0.05) is 12.1 Å². The third-order valence-electron chi connectivity index (χ3n) is 2.27. The van der Waals surface area contributed by atoms with E-state index in [1.54, 1.807) is 6.07 Å². The van der Waals surface area contributed by atoms with Crippen molar-refractivity contribution in [3.8, 4) is 0 Å². The number of hydrogen-bond donors (Lipinski definition) is 2. The van der Waals surface area contributed by atoms with Crippen molar-refractivity contribution < 1.29 is 4.79 Å². The van der Waals surface area contributed by atoms with E-state index in [1.165, 1.54) is 0 Å². The maximum Gasteiger partial charge on any atom is 0.252 e. The largest absolute Gasteiger partial charge is 0.362 e. The number of aromatic nitrogens is 1. The van der Waals surface area contributed by atoms with Crippen molar-refractivity contribution in [1.82, 2.24) is 10.3 Å². The van der Waals surface area contributed by atoms with Gasteiger partial charge >= 0.3 is 0 Å². The molecule has 0 radical (unpaired) electrons. The van der Waals surface area contributed by atoms with Gasteiger partial charge in [-0.2, -0.15) is 0 Å². The molecule has 0 atom stereocenters. The monoisotopic (exact) mass is 356 g/mol. The van der Waals surface area contributed by atoms with E-state index < -0.39 is 0 Å². The second-order valence-corrected chi connectivity index (χ2v) is 5.28. The molecule has 1 aromatic carbocycles. The standard InChI is InChI=1S/C12H10Br2N2O/c13-8-5-9(15-6-8)7-16-12(17)10-3-1-2-4-11(10)14/h1-6,15H,7H2,(H,16,17). The fourth-order valence-corrected chi connectivity index (χ4v) is 2.29. The fraction of sp³-hybridized carbons (Fsp3) is 0.0833. The summed E-state index contributed by atoms with van der Waals surface area (Å²) in [6.07, 6.45) is 1.83. The molecule has 2 N–H and O–H groups in total. The number of rotatable bonds is 3. The molecule has 0 spiro atoms. The first-order valence-electron chi connectivity index (χ1n) is 5.02. The summed E-state index contributed by atoms with van der Waals surface area (Å²) < 4.78 is 1.77. The molecule has 1 heterocycles. The summed E-state index contributed by atoms with van der Waals surface area (Å²) >= 11 is 6.70. The highest BCUT2D eigenvalue weighted by atomic mass is 79.9. The highest BCUT2D eigenvalue weighted by Crippen LogP contribution is 2.16. The summed E-state index contributed by atoms with van der Waals surface area (Å²) in [5, 5.41) is 2.85. The zero-order valence-corrected chi connectivity index (χ0v) is 12.0. The zero-order chi connectivity index (χ0) is 12.3. The Kier molecular flexibility index (Phi) is 4.02. The van der Waals surface area contributed by atoms with Crippen LogP contribution in [0.1, 0.15) is 16.1 Å². The predicted octanol–water partition coefficient (Wildman–Crippen LogP) is 3.47. The number of halogens is 2. The predicted molar refractivity (Wildman–Crippen MR) is 73.8 cm³/mol. The number of benzene rings is 1. The number of aromatic amines is 1. The SMILES string of the molecule is O=C(NCc1cc(Br)c[nH]1)c1ccccc1Br. The van der Waals surface area contributed by atoms with E-state index in [0.717, 1.165) is 14.6 Å². The molecule has 0 saturated heterocycles. The van der Waals surface area contributed by atoms with Crippen LogP contribution in [0, 0.1) is 0 Å². The summed E-state index contributed by atoms with van der Waals surface area (Å²) in [6.45, 7) is 0.478. The van der Waals surface area contributed by atoms with Gasteiger partial charge < -0.3 is 10.3 Å². The molecule has 0 aliphatic rings. The third kappa shape index (κ3) is 3.20. The van der Waals surface area contributed by atoms with Crippen LogP contribution in [0.15, 0.2) is 45.5 Å². The van der Waals surface area contributed by atoms with Gasteiger partial charge in [-0.25, -0.2) is 0 Å². The molecule has 0 saturated carbocycles. The number of carbonyl (C=O) groups excluding carboxylic acids is 1. The summed E-state index contributed by atoms with van der Waals surface area (Å²) in [4.78, 5) is 14.9. The minimum atomic E-state index is -0.0943. The molecule has 2 aromatic rings. The van der Waals surface area contributed by atoms with Crippen molar-refractivity contribution in [1.29, 1.82) is 0 Å². The van der Waals surface area contributed by atoms with Gasteiger partial charge in [-0.15, -0.1) is 0 Å². The maximum absolute atomic E-state index is 11.9. The van der Waals surface area contributed by atoms with E-state index in [0.29, 0.717) is 12.1 Å². The molecule has 0 unspecified atom stereocenters. The Morgan fingerprint density at radius 3 is 2.71 bits per heavy atom. The average Bonchev–Trinajstić information content (AvgIpc) is 2.73. The van der Waals surface area contributed by atoms with Crippen molar-refractivity contribution >= 4 is 37.8 Å². The smallest absolute Gasteiger partial charge is 0.252 e. The van der Waals surface area contributed by atoms with Gasteiger partial charge in [0.1, 0.15) is 0 Å². The minimum Gasteiger partial charge on any atom is -0.362 e. The van der Waals surface area contributed by atoms with Crippen molar-refractivity contribution in [3.05, 3.63) is 56.7 Å². The topological polar surface area (TPSA) is 44.9 Å². The third-order valence-corrected chi connectivity index (χ3v) is 3.41. The highest BCUT2D eigenvalue weighted by molar-refractivity contribution is 9.10. The summed E-state index contributed by atoms with van der Waals surface area (Å²) in [7, 11) is 0. The van der Waals surface area contributed by atoms with Crippen molar-refractivity contribution in [2.24, 2.45) is 0 Å². The van der Waals surface area contributed by atoms with Crippen molar-refractivity contribution in [3.63, 3.8) is 0 Å². The molecular weight excluding hydrogens is 348 g/mol. The molecule has 2 rings (SSSR count). The Bertz CT molecular complexity index is 537. The summed E-state index contributed by atoms with van der Waals surface area (Å²) in [6, 6.07) is 9.28. The lowest BCUT2D eigenvalue weighted by Gasteiger charge is -2.05. The maximum atomic E-state index is 11.9. The highest BCUT2D eigenvalue weighted by Gasteiger charge is 2.08. The van der Waals surface area contributed by atoms with Crippen LogP contribution in [0.25, 0.3) is 0 Å². The van der Waals surface area contributed by atoms with Gasteiger partial charge in [0.2, 0.25) is 0 Å². The van der Waals surface area contributed by atoms with E-state index in [-0.39, 0.29) is 5.91 Å². The Morgan fingerprint density at radius 2 is 2.06 bits per heavy atom. The zero-order valence-electron chi connectivity index (χ0n) is 8.84. The van der Waals surface area contributed by atoms with Crippen LogP contribution >= 0.6 is 31.9 Å². The number of nitrogens with one attached hydrogen (secondary N) is 2. The van der Waals surface area contributed by atoms with Gasteiger partial charge in [-0.3, -0.25) is 4.79 Å². The molecule has 0 bridgehead atoms. The van der Waals surface area contributed by atoms with Crippen molar-refractivity contribution in [2.75, 3.05) is 0 Å². The first-order valence-corrected chi connectivity index (χ1v) is 6.61. The van der Waals surface area contributed by atoms with Gasteiger partial charge in [0, 0.05) is 20.8 Å². The van der Waals surface area contributed by atoms with E-state index in [2.05, 4.69) is 42.2 Å². The Labute approximate surface area is 116 Å². The molecule has 0 fully saturated rings. The second kappa shape index (κ2) is 5.51. The first kappa shape index (κ1) is 12.4. The van der Waals surface area contributed by atoms with Crippen molar-refractivity contribution in [2.45, 2.75) is 6.54 Å². The van der Waals surface area contributed by atoms with Crippen LogP contribution in [-0.2, 0) is 6.54 Å². The van der Waals surface area contributed by atoms with Gasteiger partial charge in [0.25, 0.3) is 5.91 Å². The van der Waals surface area contributed by atoms with Gasteiger partial charge in [0.15, 0.2) is 0 Å². The summed E-state index contributed by atoms with van der Waals surface area (Å²) in [5.41, 5.74) is 1.59. The molecule has 1 aromatic heterocycles. The van der Waals surface area contributed by atoms with E-state index in [9.17, 15) is 4.79 Å². The lowest BCUT2D eigenvalue weighted by atomic mass is 10.2. The van der Waals surface area contributed by atoms with Crippen LogP contribution in [0.5, 0.6) is 0 Å². The van der Waals surface area contributed by atoms with Crippen LogP contribution in [0.2, 0.25) is 0 Å². The lowest BCUT2D eigenvalue weighted by Crippen LogP contribution is -2.23. The molecule has 88 valence electrons. The normalized spacial score (nSPS) is 10.2. The number of amides is 1. The number of carbonyl (C=O) groups is 1.